The van der Waals surface area contributed by atoms with Crippen molar-refractivity contribution in [3.63, 3.8) is 0 Å². The van der Waals surface area contributed by atoms with E-state index in [4.69, 9.17) is 11.6 Å². The summed E-state index contributed by atoms with van der Waals surface area (Å²) < 4.78 is 44.2. The molecule has 152 valence electrons. The fraction of sp³-hybridized carbons (Fsp3) is 0.316. The zero-order chi connectivity index (χ0) is 20.6. The zero-order valence-electron chi connectivity index (χ0n) is 15.2. The van der Waals surface area contributed by atoms with Crippen molar-refractivity contribution in [1.29, 1.82) is 0 Å². The van der Waals surface area contributed by atoms with Crippen LogP contribution in [0.4, 0.5) is 13.2 Å². The van der Waals surface area contributed by atoms with Gasteiger partial charge in [-0.1, -0.05) is 17.7 Å². The van der Waals surface area contributed by atoms with Gasteiger partial charge in [-0.3, -0.25) is 4.79 Å². The maximum Gasteiger partial charge on any atom is 0.434 e. The lowest BCUT2D eigenvalue weighted by molar-refractivity contribution is -0.143. The Hall–Kier alpha value is -2.81. The van der Waals surface area contributed by atoms with E-state index >= 15 is 0 Å². The number of imidazole rings is 1. The zero-order valence-corrected chi connectivity index (χ0v) is 15.9. The second kappa shape index (κ2) is 7.55. The normalized spacial score (nSPS) is 15.7. The molecule has 0 saturated carbocycles. The second-order valence-electron chi connectivity index (χ2n) is 6.83. The predicted molar refractivity (Wildman–Crippen MR) is 100.0 cm³/mol. The largest absolute Gasteiger partial charge is 0.434 e. The fourth-order valence-corrected chi connectivity index (χ4v) is 3.79. The molecule has 0 bridgehead atoms. The molecule has 10 heteroatoms. The standard InChI is InChI=1S/C19H17ClF3N5O/c20-13-2-1-3-15(10-13)28-17(19(21,22)23)16(11-25-28)18(29)26-7-4-14(5-8-26)27-9-6-24-12-27/h1-3,6,9-12,14H,4-5,7-8H2. The van der Waals surface area contributed by atoms with Gasteiger partial charge >= 0.3 is 6.18 Å². The van der Waals surface area contributed by atoms with E-state index in [2.05, 4.69) is 10.1 Å². The number of piperidine rings is 1. The number of hydrogen-bond donors (Lipinski definition) is 0. The molecule has 0 N–H and O–H groups in total. The SMILES string of the molecule is O=C(c1cnn(-c2cccc(Cl)c2)c1C(F)(F)F)N1CCC(n2ccnc2)CC1. The molecule has 29 heavy (non-hydrogen) atoms. The van der Waals surface area contributed by atoms with E-state index in [0.29, 0.717) is 25.9 Å². The number of hydrogen-bond acceptors (Lipinski definition) is 3. The number of carbonyl (C=O) groups is 1. The monoisotopic (exact) mass is 423 g/mol. The van der Waals surface area contributed by atoms with Crippen LogP contribution in [0.1, 0.15) is 34.9 Å². The minimum atomic E-state index is -4.75. The maximum atomic E-state index is 13.8. The van der Waals surface area contributed by atoms with Crippen LogP contribution in [0.3, 0.4) is 0 Å². The van der Waals surface area contributed by atoms with Gasteiger partial charge in [-0.25, -0.2) is 9.67 Å². The first-order valence-electron chi connectivity index (χ1n) is 9.02. The van der Waals surface area contributed by atoms with Gasteiger partial charge in [0.1, 0.15) is 0 Å². The van der Waals surface area contributed by atoms with E-state index in [-0.39, 0.29) is 16.8 Å². The van der Waals surface area contributed by atoms with Crippen molar-refractivity contribution in [2.45, 2.75) is 25.1 Å². The number of nitrogens with zero attached hydrogens (tertiary/aromatic N) is 5. The number of aromatic nitrogens is 4. The summed E-state index contributed by atoms with van der Waals surface area (Å²) in [5.74, 6) is -0.672. The van der Waals surface area contributed by atoms with Gasteiger partial charge in [0.2, 0.25) is 0 Å². The molecule has 3 aromatic rings. The van der Waals surface area contributed by atoms with Crippen LogP contribution in [-0.4, -0.2) is 43.2 Å². The minimum Gasteiger partial charge on any atom is -0.338 e. The van der Waals surface area contributed by atoms with Crippen LogP contribution >= 0.6 is 11.6 Å². The number of rotatable bonds is 3. The first kappa shape index (κ1) is 19.5. The highest BCUT2D eigenvalue weighted by atomic mass is 35.5. The molecule has 1 saturated heterocycles. The highest BCUT2D eigenvalue weighted by Crippen LogP contribution is 2.35. The summed E-state index contributed by atoms with van der Waals surface area (Å²) in [6, 6.07) is 6.09. The van der Waals surface area contributed by atoms with Crippen molar-refractivity contribution < 1.29 is 18.0 Å². The van der Waals surface area contributed by atoms with Gasteiger partial charge in [-0.05, 0) is 31.0 Å². The Kier molecular flexibility index (Phi) is 5.08. The molecule has 0 atom stereocenters. The van der Waals surface area contributed by atoms with E-state index in [0.717, 1.165) is 10.9 Å². The number of halogens is 4. The minimum absolute atomic E-state index is 0.141. The van der Waals surface area contributed by atoms with Crippen LogP contribution < -0.4 is 0 Å². The Morgan fingerprint density at radius 3 is 2.59 bits per heavy atom. The van der Waals surface area contributed by atoms with Crippen LogP contribution in [0.2, 0.25) is 5.02 Å². The molecular formula is C19H17ClF3N5O. The Labute approximate surface area is 169 Å². The van der Waals surface area contributed by atoms with Crippen molar-refractivity contribution in [2.24, 2.45) is 0 Å². The average Bonchev–Trinajstić information content (AvgIpc) is 3.37. The number of benzene rings is 1. The summed E-state index contributed by atoms with van der Waals surface area (Å²) in [5, 5.41) is 4.12. The van der Waals surface area contributed by atoms with Crippen molar-refractivity contribution >= 4 is 17.5 Å². The highest BCUT2D eigenvalue weighted by molar-refractivity contribution is 6.30. The molecule has 1 aromatic carbocycles. The van der Waals surface area contributed by atoms with Gasteiger partial charge in [-0.15, -0.1) is 0 Å². The quantitative estimate of drug-likeness (QED) is 0.634. The van der Waals surface area contributed by atoms with Crippen molar-refractivity contribution in [1.82, 2.24) is 24.2 Å². The number of amides is 1. The maximum absolute atomic E-state index is 13.8. The van der Waals surface area contributed by atoms with Crippen LogP contribution in [0.5, 0.6) is 0 Å². The third kappa shape index (κ3) is 3.87. The predicted octanol–water partition coefficient (Wildman–Crippen LogP) is 4.22. The molecule has 4 rings (SSSR count). The van der Waals surface area contributed by atoms with Gasteiger partial charge < -0.3 is 9.47 Å². The van der Waals surface area contributed by atoms with Gasteiger partial charge in [-0.2, -0.15) is 18.3 Å². The van der Waals surface area contributed by atoms with Gasteiger partial charge in [0.15, 0.2) is 5.69 Å². The Bertz CT molecular complexity index is 1010. The van der Waals surface area contributed by atoms with Crippen LogP contribution in [0.25, 0.3) is 5.69 Å². The number of likely N-dealkylation sites (tertiary alicyclic amines) is 1. The Morgan fingerprint density at radius 2 is 1.97 bits per heavy atom. The van der Waals surface area contributed by atoms with E-state index < -0.39 is 23.3 Å². The summed E-state index contributed by atoms with van der Waals surface area (Å²) in [5.41, 5.74) is -1.41. The summed E-state index contributed by atoms with van der Waals surface area (Å²) in [6.45, 7) is 0.725. The van der Waals surface area contributed by atoms with Gasteiger partial charge in [0.25, 0.3) is 5.91 Å². The molecule has 0 unspecified atom stereocenters. The molecule has 1 fully saturated rings. The summed E-state index contributed by atoms with van der Waals surface area (Å²) in [7, 11) is 0. The highest BCUT2D eigenvalue weighted by Gasteiger charge is 2.41. The number of carbonyl (C=O) groups excluding carboxylic acids is 1. The number of alkyl halides is 3. The summed E-state index contributed by atoms with van der Waals surface area (Å²) >= 11 is 5.90. The third-order valence-corrected chi connectivity index (χ3v) is 5.25. The summed E-state index contributed by atoms with van der Waals surface area (Å²) in [6.07, 6.45) is 2.75. The van der Waals surface area contributed by atoms with E-state index in [1.54, 1.807) is 18.6 Å². The molecule has 1 aliphatic rings. The molecule has 0 radical (unpaired) electrons. The Balaban J connectivity index is 1.61. The first-order chi connectivity index (χ1) is 13.8. The van der Waals surface area contributed by atoms with Gasteiger partial charge in [0.05, 0.1) is 23.8 Å². The lowest BCUT2D eigenvalue weighted by Crippen LogP contribution is -2.39. The van der Waals surface area contributed by atoms with Crippen molar-refractivity contribution in [3.05, 3.63) is 65.5 Å². The van der Waals surface area contributed by atoms with E-state index in [9.17, 15) is 18.0 Å². The molecule has 6 nitrogen and oxygen atoms in total. The van der Waals surface area contributed by atoms with Crippen LogP contribution in [-0.2, 0) is 6.18 Å². The molecule has 1 aliphatic heterocycles. The average molecular weight is 424 g/mol. The lowest BCUT2D eigenvalue weighted by Gasteiger charge is -2.32. The van der Waals surface area contributed by atoms with Crippen LogP contribution in [0.15, 0.2) is 49.2 Å². The first-order valence-corrected chi connectivity index (χ1v) is 9.40. The fourth-order valence-electron chi connectivity index (χ4n) is 3.60. The topological polar surface area (TPSA) is 56.0 Å². The molecule has 2 aromatic heterocycles. The van der Waals surface area contributed by atoms with E-state index in [1.165, 1.54) is 23.1 Å². The lowest BCUT2D eigenvalue weighted by atomic mass is 10.0. The second-order valence-corrected chi connectivity index (χ2v) is 7.27. The van der Waals surface area contributed by atoms with Gasteiger partial charge in [0, 0.05) is 36.5 Å². The molecule has 3 heterocycles. The van der Waals surface area contributed by atoms with Crippen LogP contribution in [0, 0.1) is 0 Å². The van der Waals surface area contributed by atoms with Crippen molar-refractivity contribution in [2.75, 3.05) is 13.1 Å². The summed E-state index contributed by atoms with van der Waals surface area (Å²) in [4.78, 5) is 18.4. The smallest absolute Gasteiger partial charge is 0.338 e. The molecule has 0 spiro atoms. The molecular weight excluding hydrogens is 407 g/mol. The molecule has 1 amide bonds. The third-order valence-electron chi connectivity index (χ3n) is 5.02. The molecule has 0 aliphatic carbocycles. The Morgan fingerprint density at radius 1 is 1.21 bits per heavy atom. The van der Waals surface area contributed by atoms with E-state index in [1.807, 2.05) is 10.8 Å². The van der Waals surface area contributed by atoms with Crippen molar-refractivity contribution in [3.8, 4) is 5.69 Å².